The van der Waals surface area contributed by atoms with Crippen molar-refractivity contribution in [2.24, 2.45) is 0 Å². The van der Waals surface area contributed by atoms with Gasteiger partial charge in [-0.15, -0.1) is 0 Å². The van der Waals surface area contributed by atoms with Gasteiger partial charge in [-0.05, 0) is 11.0 Å². The van der Waals surface area contributed by atoms with E-state index in [1.807, 2.05) is 0 Å². The molecule has 0 aromatic carbocycles. The van der Waals surface area contributed by atoms with Gasteiger partial charge in [0, 0.05) is 0 Å². The summed E-state index contributed by atoms with van der Waals surface area (Å²) in [5.74, 6) is 0. The molecule has 0 amide bonds. The molecule has 0 rings (SSSR count). The van der Waals surface area contributed by atoms with E-state index in [2.05, 4.69) is 0 Å². The van der Waals surface area contributed by atoms with Crippen molar-refractivity contribution in [1.29, 1.82) is 0 Å². The molecule has 0 fully saturated rings. The van der Waals surface area contributed by atoms with Crippen LogP contribution in [0.25, 0.3) is 0 Å². The van der Waals surface area contributed by atoms with Crippen molar-refractivity contribution in [2.75, 3.05) is 0 Å². The SMILES string of the molecule is [GeH4].[GeH4].[SiH4].[SnH2]. The van der Waals surface area contributed by atoms with Crippen LogP contribution in [0.15, 0.2) is 0 Å². The topological polar surface area (TPSA) is 0 Å². The first kappa shape index (κ1) is 36.0. The van der Waals surface area contributed by atoms with Crippen molar-refractivity contribution >= 4 is 70.1 Å². The molecule has 0 nitrogen and oxygen atoms in total. The Morgan fingerprint density at radius 2 is 0.750 bits per heavy atom. The molecule has 2 radical (unpaired) electrons. The van der Waals surface area contributed by atoms with Gasteiger partial charge in [0.1, 0.15) is 0 Å². The van der Waals surface area contributed by atoms with Crippen LogP contribution in [0.1, 0.15) is 0 Å². The van der Waals surface area contributed by atoms with Crippen LogP contribution in [0.3, 0.4) is 0 Å². The second-order valence-electron chi connectivity index (χ2n) is 0. The standard InChI is InChI=1S/2GeH4.H4Si.Sn.2H/h3*1H4;;;. The van der Waals surface area contributed by atoms with Gasteiger partial charge in [-0.2, -0.15) is 0 Å². The number of hydrogen-bond donors (Lipinski definition) is 0. The molecule has 0 N–H and O–H groups in total. The Hall–Kier alpha value is 2.10. The molecule has 4 heteroatoms. The maximum atomic E-state index is 0. The van der Waals surface area contributed by atoms with Crippen molar-refractivity contribution < 1.29 is 0 Å². The fraction of sp³-hybridized carbons (Fsp3) is 0. The summed E-state index contributed by atoms with van der Waals surface area (Å²) in [6.07, 6.45) is 0. The number of rotatable bonds is 0. The summed E-state index contributed by atoms with van der Waals surface area (Å²) in [6.45, 7) is 0. The third kappa shape index (κ3) is 8.93. The Morgan fingerprint density at radius 1 is 0.750 bits per heavy atom. The summed E-state index contributed by atoms with van der Waals surface area (Å²) < 4.78 is 0. The van der Waals surface area contributed by atoms with E-state index in [1.54, 1.807) is 0 Å². The average Bonchev–Trinajstić information content (AvgIpc) is 0. The number of hydrogen-bond acceptors (Lipinski definition) is 0. The first-order valence-electron chi connectivity index (χ1n) is 0. The summed E-state index contributed by atoms with van der Waals surface area (Å²) in [5.41, 5.74) is 0. The molecule has 0 saturated carbocycles. The van der Waals surface area contributed by atoms with Crippen molar-refractivity contribution in [3.63, 3.8) is 0 Å². The van der Waals surface area contributed by atoms with E-state index in [4.69, 9.17) is 0 Å². The van der Waals surface area contributed by atoms with Gasteiger partial charge in [-0.1, -0.05) is 0 Å². The monoisotopic (exact) mass is 310 g/mol. The molecule has 0 saturated heterocycles. The van der Waals surface area contributed by atoms with Gasteiger partial charge in [0.15, 0.2) is 0 Å². The Balaban J connectivity index is 0. The Bertz CT molecular complexity index is 6.00. The summed E-state index contributed by atoms with van der Waals surface area (Å²) in [5, 5.41) is 0. The molecular formula is H14Ge2SiSn. The quantitative estimate of drug-likeness (QED) is 0.392. The summed E-state index contributed by atoms with van der Waals surface area (Å²) in [6, 6.07) is 0. The first-order valence-corrected chi connectivity index (χ1v) is 0. The third-order valence-electron chi connectivity index (χ3n) is 0. The van der Waals surface area contributed by atoms with Gasteiger partial charge in [0.2, 0.25) is 0 Å². The van der Waals surface area contributed by atoms with Crippen LogP contribution in [-0.2, 0) is 0 Å². The normalized spacial score (nSPS) is 0. The van der Waals surface area contributed by atoms with Gasteiger partial charge in [0.25, 0.3) is 0 Å². The van der Waals surface area contributed by atoms with E-state index in [-0.39, 0.29) is 70.1 Å². The molecule has 0 aliphatic heterocycles. The molecule has 4 heavy (non-hydrogen) atoms. The van der Waals surface area contributed by atoms with Gasteiger partial charge < -0.3 is 0 Å². The minimum absolute atomic E-state index is 0. The molecule has 0 bridgehead atoms. The van der Waals surface area contributed by atoms with Gasteiger partial charge in [0.05, 0.1) is 0 Å². The van der Waals surface area contributed by atoms with Crippen molar-refractivity contribution in [2.45, 2.75) is 0 Å². The Morgan fingerprint density at radius 3 is 0.750 bits per heavy atom. The van der Waals surface area contributed by atoms with Crippen LogP contribution in [0.4, 0.5) is 0 Å². The van der Waals surface area contributed by atoms with E-state index < -0.39 is 0 Å². The van der Waals surface area contributed by atoms with E-state index in [0.29, 0.717) is 0 Å². The second kappa shape index (κ2) is 19.4. The van der Waals surface area contributed by atoms with Gasteiger partial charge >= 0.3 is 59.1 Å². The molecule has 0 aromatic heterocycles. The summed E-state index contributed by atoms with van der Waals surface area (Å²) in [7, 11) is 0. The van der Waals surface area contributed by atoms with Crippen LogP contribution in [-0.4, -0.2) is 70.1 Å². The fourth-order valence-corrected chi connectivity index (χ4v) is 0. The van der Waals surface area contributed by atoms with E-state index in [9.17, 15) is 0 Å². The van der Waals surface area contributed by atoms with Crippen molar-refractivity contribution in [1.82, 2.24) is 0 Å². The molecule has 30 valence electrons. The second-order valence-corrected chi connectivity index (χ2v) is 0. The predicted octanol–water partition coefficient (Wildman–Crippen LogP) is -5.27. The predicted molar refractivity (Wildman–Crippen MR) is 42.5 cm³/mol. The first-order chi connectivity index (χ1) is 0. The van der Waals surface area contributed by atoms with Gasteiger partial charge in [-0.3, -0.25) is 0 Å². The maximum absolute atomic E-state index is 0. The zero-order valence-electron chi connectivity index (χ0n) is 0.707. The average molecular weight is 306 g/mol. The van der Waals surface area contributed by atoms with E-state index in [1.165, 1.54) is 0 Å². The van der Waals surface area contributed by atoms with Crippen LogP contribution in [0, 0.1) is 0 Å². The van der Waals surface area contributed by atoms with Crippen LogP contribution in [0.5, 0.6) is 0 Å². The molecule has 0 heterocycles. The third-order valence-corrected chi connectivity index (χ3v) is 0. The Labute approximate surface area is 69.4 Å². The molecule has 0 aliphatic rings. The molecule has 0 unspecified atom stereocenters. The van der Waals surface area contributed by atoms with E-state index in [0.717, 1.165) is 0 Å². The molecule has 0 atom stereocenters. The van der Waals surface area contributed by atoms with Crippen molar-refractivity contribution in [3.8, 4) is 0 Å². The summed E-state index contributed by atoms with van der Waals surface area (Å²) in [4.78, 5) is 0. The Kier molecular flexibility index (Phi) is 175. The van der Waals surface area contributed by atoms with E-state index >= 15 is 0 Å². The molecule has 0 spiro atoms. The fourth-order valence-electron chi connectivity index (χ4n) is 0. The molecular weight excluding hydrogens is 292 g/mol. The molecule has 0 aromatic rings. The molecule has 0 aliphatic carbocycles. The minimum atomic E-state index is 0. The van der Waals surface area contributed by atoms with Crippen LogP contribution >= 0.6 is 0 Å². The van der Waals surface area contributed by atoms with Crippen LogP contribution in [0.2, 0.25) is 0 Å². The van der Waals surface area contributed by atoms with Gasteiger partial charge in [-0.25, -0.2) is 0 Å². The van der Waals surface area contributed by atoms with Crippen LogP contribution < -0.4 is 0 Å². The van der Waals surface area contributed by atoms with Crippen molar-refractivity contribution in [3.05, 3.63) is 0 Å². The summed E-state index contributed by atoms with van der Waals surface area (Å²) >= 11 is 0. The zero-order valence-corrected chi connectivity index (χ0v) is 4.74. The zero-order chi connectivity index (χ0) is 0.